The van der Waals surface area contributed by atoms with Gasteiger partial charge in [-0.1, -0.05) is 11.6 Å². The number of aromatic nitrogens is 2. The molecule has 1 saturated heterocycles. The van der Waals surface area contributed by atoms with Crippen LogP contribution in [0.1, 0.15) is 41.6 Å². The number of halogens is 3. The van der Waals surface area contributed by atoms with Gasteiger partial charge in [0, 0.05) is 44.4 Å². The molecule has 2 N–H and O–H groups in total. The number of fused-ring (bicyclic) bond motifs is 2. The third-order valence-electron chi connectivity index (χ3n) is 6.78. The molecule has 0 unspecified atom stereocenters. The number of nitrogens with zero attached hydrogens (tertiary/aromatic N) is 3. The second-order valence-corrected chi connectivity index (χ2v) is 9.49. The largest absolute Gasteiger partial charge is 0.508 e. The Morgan fingerprint density at radius 2 is 1.94 bits per heavy atom. The van der Waals surface area contributed by atoms with Gasteiger partial charge in [-0.2, -0.15) is 0 Å². The molecule has 2 aliphatic rings. The van der Waals surface area contributed by atoms with Gasteiger partial charge in [0.05, 0.1) is 12.4 Å². The summed E-state index contributed by atoms with van der Waals surface area (Å²) in [5.41, 5.74) is 5.43. The summed E-state index contributed by atoms with van der Waals surface area (Å²) in [5, 5.41) is 19.2. The lowest BCUT2D eigenvalue weighted by atomic mass is 9.89. The van der Waals surface area contributed by atoms with Gasteiger partial charge in [0.2, 0.25) is 0 Å². The van der Waals surface area contributed by atoms with Crippen LogP contribution >= 0.6 is 0 Å². The Morgan fingerprint density at radius 1 is 1.12 bits per heavy atom. The monoisotopic (exact) mass is 471 g/mol. The number of allylic oxidation sites excluding steroid dienone is 1. The van der Waals surface area contributed by atoms with Gasteiger partial charge in [-0.25, -0.2) is 13.8 Å². The van der Waals surface area contributed by atoms with E-state index >= 15 is 0 Å². The Hall–Kier alpha value is -2.84. The molecule has 1 aliphatic carbocycles. The SMILES string of the molecule is OCC(F)(F)CC1=C(c2ccn3cc(CN4CC(CF)C4)nc3c2)c2ccc(O)cc2CCC1. The highest BCUT2D eigenvalue weighted by atomic mass is 19.3. The van der Waals surface area contributed by atoms with Crippen molar-refractivity contribution in [1.29, 1.82) is 0 Å². The number of alkyl halides is 3. The van der Waals surface area contributed by atoms with Crippen LogP contribution in [0.15, 0.2) is 48.3 Å². The van der Waals surface area contributed by atoms with Gasteiger partial charge < -0.3 is 14.6 Å². The number of hydrogen-bond donors (Lipinski definition) is 2. The molecular weight excluding hydrogens is 443 g/mol. The normalized spacial score (nSPS) is 17.6. The molecule has 3 aromatic rings. The molecule has 180 valence electrons. The summed E-state index contributed by atoms with van der Waals surface area (Å²) >= 11 is 0. The quantitative estimate of drug-likeness (QED) is 0.529. The van der Waals surface area contributed by atoms with Crippen LogP contribution in [0.5, 0.6) is 5.75 Å². The van der Waals surface area contributed by atoms with Crippen molar-refractivity contribution in [3.63, 3.8) is 0 Å². The van der Waals surface area contributed by atoms with Crippen LogP contribution in [0, 0.1) is 5.92 Å². The predicted molar refractivity (Wildman–Crippen MR) is 124 cm³/mol. The first-order valence-corrected chi connectivity index (χ1v) is 11.6. The summed E-state index contributed by atoms with van der Waals surface area (Å²) in [5.74, 6) is -2.95. The number of aliphatic hydroxyl groups is 1. The standard InChI is InChI=1S/C26H28F3N3O2/c27-11-17-12-31(13-17)14-21-15-32-7-6-19(9-24(32)30-21)25-20(10-26(28,29)16-33)3-1-2-18-8-22(34)4-5-23(18)25/h4-9,15,17,33-34H,1-3,10-14,16H2. The summed E-state index contributed by atoms with van der Waals surface area (Å²) in [4.78, 5) is 6.88. The minimum absolute atomic E-state index is 0.112. The molecule has 2 aromatic heterocycles. The fourth-order valence-electron chi connectivity index (χ4n) is 5.14. The smallest absolute Gasteiger partial charge is 0.274 e. The van der Waals surface area contributed by atoms with E-state index in [1.807, 2.05) is 28.9 Å². The summed E-state index contributed by atoms with van der Waals surface area (Å²) in [7, 11) is 0. The zero-order valence-corrected chi connectivity index (χ0v) is 18.9. The molecule has 1 aromatic carbocycles. The van der Waals surface area contributed by atoms with E-state index in [9.17, 15) is 23.4 Å². The van der Waals surface area contributed by atoms with Crippen molar-refractivity contribution < 1.29 is 23.4 Å². The van der Waals surface area contributed by atoms with Gasteiger partial charge in [-0.15, -0.1) is 0 Å². The number of aryl methyl sites for hydroxylation is 1. The Labute approximate surface area is 196 Å². The number of rotatable bonds is 7. The summed E-state index contributed by atoms with van der Waals surface area (Å²) in [6, 6.07) is 8.87. The van der Waals surface area contributed by atoms with E-state index in [2.05, 4.69) is 4.90 Å². The first kappa shape index (κ1) is 22.9. The number of imidazole rings is 1. The topological polar surface area (TPSA) is 61.0 Å². The number of aliphatic hydroxyl groups excluding tert-OH is 1. The van der Waals surface area contributed by atoms with Crippen molar-refractivity contribution in [1.82, 2.24) is 14.3 Å². The molecule has 0 atom stereocenters. The van der Waals surface area contributed by atoms with Crippen LogP contribution in [0.4, 0.5) is 13.2 Å². The van der Waals surface area contributed by atoms with E-state index in [0.29, 0.717) is 37.0 Å². The van der Waals surface area contributed by atoms with Crippen LogP contribution in [0.3, 0.4) is 0 Å². The molecular formula is C26H28F3N3O2. The maximum atomic E-state index is 14.3. The highest BCUT2D eigenvalue weighted by Crippen LogP contribution is 2.40. The molecule has 0 radical (unpaired) electrons. The number of phenolic OH excluding ortho intramolecular Hbond substituents is 1. The van der Waals surface area contributed by atoms with Crippen LogP contribution in [-0.2, 0) is 13.0 Å². The van der Waals surface area contributed by atoms with E-state index < -0.39 is 19.0 Å². The van der Waals surface area contributed by atoms with Gasteiger partial charge in [0.25, 0.3) is 5.92 Å². The van der Waals surface area contributed by atoms with Gasteiger partial charge in [-0.3, -0.25) is 9.29 Å². The molecule has 8 heteroatoms. The maximum Gasteiger partial charge on any atom is 0.274 e. The van der Waals surface area contributed by atoms with E-state index in [0.717, 1.165) is 41.0 Å². The zero-order valence-electron chi connectivity index (χ0n) is 18.9. The van der Waals surface area contributed by atoms with Crippen molar-refractivity contribution in [2.24, 2.45) is 5.92 Å². The lowest BCUT2D eigenvalue weighted by molar-refractivity contribution is -0.0491. The Bertz CT molecular complexity index is 1230. The number of phenols is 1. The third-order valence-corrected chi connectivity index (χ3v) is 6.78. The highest BCUT2D eigenvalue weighted by Gasteiger charge is 2.32. The minimum atomic E-state index is -3.21. The van der Waals surface area contributed by atoms with Crippen molar-refractivity contribution in [3.05, 3.63) is 70.7 Å². The van der Waals surface area contributed by atoms with Crippen LogP contribution in [0.25, 0.3) is 11.2 Å². The van der Waals surface area contributed by atoms with Crippen LogP contribution < -0.4 is 0 Å². The second kappa shape index (κ2) is 9.07. The van der Waals surface area contributed by atoms with Crippen LogP contribution in [-0.4, -0.2) is 56.8 Å². The van der Waals surface area contributed by atoms with Crippen molar-refractivity contribution in [2.75, 3.05) is 26.4 Å². The lowest BCUT2D eigenvalue weighted by Crippen LogP contribution is -2.46. The van der Waals surface area contributed by atoms with Gasteiger partial charge >= 0.3 is 0 Å². The maximum absolute atomic E-state index is 14.3. The third kappa shape index (κ3) is 4.57. The van der Waals surface area contributed by atoms with Gasteiger partial charge in [0.1, 0.15) is 18.0 Å². The Kier molecular flexibility index (Phi) is 6.12. The highest BCUT2D eigenvalue weighted by molar-refractivity contribution is 5.85. The number of benzene rings is 1. The number of aromatic hydroxyl groups is 1. The van der Waals surface area contributed by atoms with Gasteiger partial charge in [0.15, 0.2) is 0 Å². The zero-order chi connectivity index (χ0) is 23.9. The second-order valence-electron chi connectivity index (χ2n) is 9.49. The minimum Gasteiger partial charge on any atom is -0.508 e. The van der Waals surface area contributed by atoms with Crippen molar-refractivity contribution in [2.45, 2.75) is 38.2 Å². The average Bonchev–Trinajstić information content (AvgIpc) is 3.10. The molecule has 34 heavy (non-hydrogen) atoms. The molecule has 5 nitrogen and oxygen atoms in total. The molecule has 0 bridgehead atoms. The van der Waals surface area contributed by atoms with Gasteiger partial charge in [-0.05, 0) is 65.8 Å². The first-order valence-electron chi connectivity index (χ1n) is 11.6. The predicted octanol–water partition coefficient (Wildman–Crippen LogP) is 4.60. The fraction of sp³-hybridized carbons (Fsp3) is 0.423. The van der Waals surface area contributed by atoms with Crippen LogP contribution in [0.2, 0.25) is 0 Å². The van der Waals surface area contributed by atoms with Crippen molar-refractivity contribution in [3.8, 4) is 5.75 Å². The molecule has 5 rings (SSSR count). The van der Waals surface area contributed by atoms with E-state index in [1.165, 1.54) is 0 Å². The number of hydrogen-bond acceptors (Lipinski definition) is 4. The Morgan fingerprint density at radius 3 is 2.71 bits per heavy atom. The molecule has 1 fully saturated rings. The summed E-state index contributed by atoms with van der Waals surface area (Å²) in [6.45, 7) is 0.612. The number of likely N-dealkylation sites (tertiary alicyclic amines) is 1. The van der Waals surface area contributed by atoms with E-state index in [-0.39, 0.29) is 18.3 Å². The van der Waals surface area contributed by atoms with E-state index in [1.54, 1.807) is 18.2 Å². The fourth-order valence-corrected chi connectivity index (χ4v) is 5.14. The summed E-state index contributed by atoms with van der Waals surface area (Å²) < 4.78 is 43.2. The molecule has 0 saturated carbocycles. The average molecular weight is 472 g/mol. The molecule has 0 spiro atoms. The Balaban J connectivity index is 1.55. The molecule has 1 aliphatic heterocycles. The van der Waals surface area contributed by atoms with Crippen molar-refractivity contribution >= 4 is 11.2 Å². The molecule has 0 amide bonds. The number of pyridine rings is 1. The first-order chi connectivity index (χ1) is 16.3. The lowest BCUT2D eigenvalue weighted by Gasteiger charge is -2.37. The molecule has 3 heterocycles. The van der Waals surface area contributed by atoms with E-state index in [4.69, 9.17) is 4.98 Å². The summed E-state index contributed by atoms with van der Waals surface area (Å²) in [6.07, 6.45) is 5.14.